The van der Waals surface area contributed by atoms with Crippen LogP contribution in [0.5, 0.6) is 0 Å². The second kappa shape index (κ2) is 20.7. The lowest BCUT2D eigenvalue weighted by atomic mass is 10.1. The van der Waals surface area contributed by atoms with Gasteiger partial charge in [-0.1, -0.05) is 18.7 Å². The maximum atomic E-state index is 5.83. The van der Waals surface area contributed by atoms with Crippen LogP contribution in [0.25, 0.3) is 0 Å². The molecule has 0 spiro atoms. The molecule has 1 fully saturated rings. The van der Waals surface area contributed by atoms with E-state index in [1.54, 1.807) is 0 Å². The molecule has 20 heteroatoms. The van der Waals surface area contributed by atoms with Crippen LogP contribution < -0.4 is 4.86 Å². The van der Waals surface area contributed by atoms with E-state index in [-0.39, 0.29) is 11.1 Å². The smallest absolute Gasteiger partial charge is 0.264 e. The van der Waals surface area contributed by atoms with Crippen molar-refractivity contribution >= 4 is 37.6 Å². The quantitative estimate of drug-likeness (QED) is 0.171. The molecular weight excluding hydrogens is 761 g/mol. The fourth-order valence-corrected chi connectivity index (χ4v) is 26.8. The third kappa shape index (κ3) is 13.5. The third-order valence-electron chi connectivity index (χ3n) is 9.41. The summed E-state index contributed by atoms with van der Waals surface area (Å²) < 4.78 is 45.8. The first-order valence-electron chi connectivity index (χ1n) is 18.8. The summed E-state index contributed by atoms with van der Waals surface area (Å²) in [6.45, 7) is 26.6. The van der Waals surface area contributed by atoms with Crippen LogP contribution in [0.15, 0.2) is 18.5 Å². The van der Waals surface area contributed by atoms with E-state index in [1.807, 2.05) is 0 Å². The molecule has 1 unspecified atom stereocenters. The first-order valence-corrected chi connectivity index (χ1v) is 27.9. The second-order valence-electron chi connectivity index (χ2n) is 17.4. The number of hydrogen-bond acceptors (Lipinski definition) is 4. The number of hydrogen-bond donors (Lipinski definition) is 1. The van der Waals surface area contributed by atoms with Crippen LogP contribution in [0.2, 0.25) is 0 Å². The van der Waals surface area contributed by atoms with E-state index in [0.29, 0.717) is 0 Å². The molecular formula is C33H89N15P5+. The first kappa shape index (κ1) is 53.9. The summed E-state index contributed by atoms with van der Waals surface area (Å²) in [6.07, 6.45) is 1.25. The van der Waals surface area contributed by atoms with Gasteiger partial charge in [-0.25, -0.2) is 18.8 Å². The van der Waals surface area contributed by atoms with Crippen LogP contribution in [-0.2, 0) is 0 Å². The van der Waals surface area contributed by atoms with Crippen LogP contribution in [-0.4, -0.2) is 210 Å². The van der Waals surface area contributed by atoms with Crippen molar-refractivity contribution in [2.75, 3.05) is 152 Å². The zero-order valence-electron chi connectivity index (χ0n) is 39.5. The average Bonchev–Trinajstić information content (AvgIpc) is 2.96. The van der Waals surface area contributed by atoms with Crippen molar-refractivity contribution in [3.8, 4) is 0 Å². The predicted molar refractivity (Wildman–Crippen MR) is 247 cm³/mol. The highest BCUT2D eigenvalue weighted by molar-refractivity contribution is 7.85. The van der Waals surface area contributed by atoms with E-state index in [2.05, 4.69) is 233 Å². The highest BCUT2D eigenvalue weighted by Gasteiger charge is 2.48. The number of nitrogens with zero attached hydrogens (tertiary/aromatic N) is 14. The second-order valence-corrected chi connectivity index (χ2v) is 34.4. The zero-order valence-corrected chi connectivity index (χ0v) is 44.0. The van der Waals surface area contributed by atoms with Gasteiger partial charge in [-0.15, -0.1) is 0 Å². The Hall–Kier alpha value is 0.910. The normalized spacial score (nSPS) is 18.4. The molecule has 1 saturated heterocycles. The lowest BCUT2D eigenvalue weighted by Gasteiger charge is -2.50. The van der Waals surface area contributed by atoms with Crippen LogP contribution in [0.3, 0.4) is 0 Å². The monoisotopic (exact) mass is 851 g/mol. The molecule has 0 aromatic rings. The van der Waals surface area contributed by atoms with Crippen molar-refractivity contribution < 1.29 is 0 Å². The van der Waals surface area contributed by atoms with Crippen molar-refractivity contribution in [1.29, 1.82) is 0 Å². The molecule has 0 saturated carbocycles. The van der Waals surface area contributed by atoms with Gasteiger partial charge in [0.05, 0.1) is 17.7 Å². The van der Waals surface area contributed by atoms with E-state index in [1.165, 1.54) is 6.42 Å². The van der Waals surface area contributed by atoms with Crippen LogP contribution >= 0.6 is 37.6 Å². The molecule has 53 heavy (non-hydrogen) atoms. The van der Waals surface area contributed by atoms with Crippen LogP contribution in [0.1, 0.15) is 61.8 Å². The van der Waals surface area contributed by atoms with E-state index in [9.17, 15) is 0 Å². The molecule has 1 aliphatic rings. The molecule has 0 aliphatic carbocycles. The molecule has 0 radical (unpaired) electrons. The minimum atomic E-state index is -2.88. The van der Waals surface area contributed by atoms with Crippen molar-refractivity contribution in [1.82, 2.24) is 51.6 Å². The van der Waals surface area contributed by atoms with Gasteiger partial charge in [0.25, 0.3) is 7.51 Å². The summed E-state index contributed by atoms with van der Waals surface area (Å²) >= 11 is 0. The Kier molecular flexibility index (Phi) is 21.1. The van der Waals surface area contributed by atoms with E-state index in [0.717, 1.165) is 26.2 Å². The van der Waals surface area contributed by atoms with Gasteiger partial charge in [-0.3, -0.25) is 28.1 Å². The summed E-state index contributed by atoms with van der Waals surface area (Å²) in [7, 11) is 23.1. The van der Waals surface area contributed by atoms with Crippen molar-refractivity contribution in [3.63, 3.8) is 0 Å². The molecule has 15 nitrogen and oxygen atoms in total. The van der Waals surface area contributed by atoms with Crippen molar-refractivity contribution in [2.24, 2.45) is 18.5 Å². The predicted octanol–water partition coefficient (Wildman–Crippen LogP) is 8.59. The highest BCUT2D eigenvalue weighted by Crippen LogP contribution is 2.75. The van der Waals surface area contributed by atoms with Crippen molar-refractivity contribution in [2.45, 2.75) is 72.9 Å². The Morgan fingerprint density at radius 1 is 0.642 bits per heavy atom. The Balaban J connectivity index is 0.00000125. The lowest BCUT2D eigenvalue weighted by Crippen LogP contribution is -2.43. The Morgan fingerprint density at radius 2 is 1.02 bits per heavy atom. The average molecular weight is 851 g/mol. The highest BCUT2D eigenvalue weighted by atomic mass is 31.3. The van der Waals surface area contributed by atoms with Gasteiger partial charge < -0.3 is 0 Å². The minimum absolute atomic E-state index is 0.0101. The molecule has 0 aromatic heterocycles. The summed E-state index contributed by atoms with van der Waals surface area (Å²) in [6, 6.07) is 0. The maximum Gasteiger partial charge on any atom is 0.291 e. The molecule has 1 N–H and O–H groups in total. The fraction of sp³-hybridized carbons (Fsp3) is 1.00. The summed E-state index contributed by atoms with van der Waals surface area (Å²) in [5, 5.41) is 0. The van der Waals surface area contributed by atoms with Gasteiger partial charge in [0.2, 0.25) is 7.71 Å². The number of nitrogens with one attached hydrogen (secondary N) is 1. The topological polar surface area (TPSA) is 93.9 Å². The molecule has 1 atom stereocenters. The maximum absolute atomic E-state index is 5.83. The minimum Gasteiger partial charge on any atom is -0.264 e. The molecule has 0 bridgehead atoms. The molecule has 0 aromatic carbocycles. The Labute approximate surface area is 331 Å². The largest absolute Gasteiger partial charge is 0.291 e. The van der Waals surface area contributed by atoms with Gasteiger partial charge in [0.1, 0.15) is 7.36 Å². The van der Waals surface area contributed by atoms with Gasteiger partial charge in [0, 0.05) is 54.4 Å². The van der Waals surface area contributed by atoms with Gasteiger partial charge >= 0.3 is 0 Å². The molecule has 0 amide bonds. The van der Waals surface area contributed by atoms with Crippen LogP contribution in [0, 0.1) is 0 Å². The van der Waals surface area contributed by atoms with E-state index < -0.39 is 37.6 Å². The van der Waals surface area contributed by atoms with Crippen molar-refractivity contribution in [3.05, 3.63) is 0 Å². The van der Waals surface area contributed by atoms with E-state index >= 15 is 0 Å². The fourth-order valence-electron chi connectivity index (χ4n) is 6.27. The molecule has 1 rings (SSSR count). The van der Waals surface area contributed by atoms with Gasteiger partial charge in [0.15, 0.2) is 15.0 Å². The van der Waals surface area contributed by atoms with Gasteiger partial charge in [-0.05, 0) is 139 Å². The zero-order chi connectivity index (χ0) is 42.3. The first-order chi connectivity index (χ1) is 23.7. The Bertz CT molecular complexity index is 1290. The van der Waals surface area contributed by atoms with E-state index in [4.69, 9.17) is 18.5 Å². The molecule has 1 aliphatic heterocycles. The lowest BCUT2D eigenvalue weighted by molar-refractivity contribution is 0.310. The Morgan fingerprint density at radius 3 is 1.28 bits per heavy atom. The molecule has 320 valence electrons. The third-order valence-corrected chi connectivity index (χ3v) is 31.0. The standard InChI is InChI=1S/C20H58N11P4.C13H31N4P/c1-20(2,3)21-34(22-32(18,25(4)5)26(6)7,23-33(19,27(8)9)28(10)11)24-35(29(12)13,30(14)15)31(16)17;1-8-17(9-2)18(14-13(3,4)5)15(6)11-10-12-16(18)7/h22H,1-19H3;8-12H2,1-7H3/q+1;. The summed E-state index contributed by atoms with van der Waals surface area (Å²) in [5.74, 6) is 0. The SMILES string of the molecule is CCN(CC)P1(=NC(C)(C)C)N(C)CCCN1C.CN(C)P(C)(=NP(=NC(C)(C)C)(N=P(N(C)C)(N(C)C)N(C)C)N[P+](C)(N(C)C)N(C)C)N(C)C. The summed E-state index contributed by atoms with van der Waals surface area (Å²) in [4.78, 5) is 4.08. The number of rotatable bonds is 14. The molecule has 1 heterocycles. The van der Waals surface area contributed by atoms with Gasteiger partial charge in [-0.2, -0.15) is 18.4 Å². The summed E-state index contributed by atoms with van der Waals surface area (Å²) in [5.41, 5.74) is -0.336. The van der Waals surface area contributed by atoms with Crippen LogP contribution in [0.4, 0.5) is 0 Å².